The van der Waals surface area contributed by atoms with Crippen molar-refractivity contribution in [3.8, 4) is 0 Å². The summed E-state index contributed by atoms with van der Waals surface area (Å²) >= 11 is 0. The molecule has 2 heteroatoms. The molecular weight excluding hydrogens is 244 g/mol. The van der Waals surface area contributed by atoms with Gasteiger partial charge >= 0.3 is 0 Å². The molecular formula is C18H38N2. The molecule has 0 saturated heterocycles. The summed E-state index contributed by atoms with van der Waals surface area (Å²) in [5, 5.41) is 0. The highest BCUT2D eigenvalue weighted by Gasteiger charge is 2.35. The lowest BCUT2D eigenvalue weighted by Crippen LogP contribution is -2.49. The van der Waals surface area contributed by atoms with Gasteiger partial charge in [-0.3, -0.25) is 4.90 Å². The van der Waals surface area contributed by atoms with Crippen molar-refractivity contribution >= 4 is 0 Å². The van der Waals surface area contributed by atoms with Crippen LogP contribution in [0.25, 0.3) is 0 Å². The molecule has 1 fully saturated rings. The zero-order chi connectivity index (χ0) is 15.2. The van der Waals surface area contributed by atoms with Gasteiger partial charge in [0, 0.05) is 19.1 Å². The summed E-state index contributed by atoms with van der Waals surface area (Å²) in [5.74, 6) is 1.65. The van der Waals surface area contributed by atoms with E-state index in [0.717, 1.165) is 24.4 Å². The van der Waals surface area contributed by atoms with Gasteiger partial charge in [-0.2, -0.15) is 0 Å². The number of rotatable bonds is 8. The third-order valence-corrected chi connectivity index (χ3v) is 5.37. The van der Waals surface area contributed by atoms with E-state index in [2.05, 4.69) is 39.5 Å². The largest absolute Gasteiger partial charge is 0.330 e. The first-order valence-electron chi connectivity index (χ1n) is 8.90. The molecule has 20 heavy (non-hydrogen) atoms. The Kier molecular flexibility index (Phi) is 7.53. The molecule has 0 radical (unpaired) electrons. The SMILES string of the molecule is CCC(CC)N(CC(C)C)CC1(CN)CCC(C)CC1. The van der Waals surface area contributed by atoms with Gasteiger partial charge in [-0.1, -0.05) is 47.5 Å². The van der Waals surface area contributed by atoms with Crippen molar-refractivity contribution in [1.82, 2.24) is 4.90 Å². The van der Waals surface area contributed by atoms with E-state index in [1.54, 1.807) is 0 Å². The maximum absolute atomic E-state index is 6.22. The van der Waals surface area contributed by atoms with E-state index in [1.165, 1.54) is 51.6 Å². The second-order valence-electron chi connectivity index (χ2n) is 7.68. The molecule has 1 rings (SSSR count). The predicted molar refractivity (Wildman–Crippen MR) is 89.9 cm³/mol. The van der Waals surface area contributed by atoms with E-state index in [1.807, 2.05) is 0 Å². The molecule has 0 heterocycles. The van der Waals surface area contributed by atoms with Gasteiger partial charge in [-0.05, 0) is 49.5 Å². The Bertz CT molecular complexity index is 250. The zero-order valence-corrected chi connectivity index (χ0v) is 14.6. The van der Waals surface area contributed by atoms with Crippen LogP contribution in [0.5, 0.6) is 0 Å². The summed E-state index contributed by atoms with van der Waals surface area (Å²) in [6.07, 6.45) is 7.94. The van der Waals surface area contributed by atoms with Gasteiger partial charge in [-0.25, -0.2) is 0 Å². The number of hydrogen-bond donors (Lipinski definition) is 1. The van der Waals surface area contributed by atoms with Gasteiger partial charge in [-0.15, -0.1) is 0 Å². The lowest BCUT2D eigenvalue weighted by Gasteiger charge is -2.44. The highest BCUT2D eigenvalue weighted by molar-refractivity contribution is 4.90. The van der Waals surface area contributed by atoms with Crippen molar-refractivity contribution in [2.24, 2.45) is 23.0 Å². The summed E-state index contributed by atoms with van der Waals surface area (Å²) in [5.41, 5.74) is 6.61. The van der Waals surface area contributed by atoms with Gasteiger partial charge in [0.25, 0.3) is 0 Å². The van der Waals surface area contributed by atoms with Crippen molar-refractivity contribution in [2.45, 2.75) is 79.2 Å². The van der Waals surface area contributed by atoms with Crippen molar-refractivity contribution in [3.63, 3.8) is 0 Å². The Hall–Kier alpha value is -0.0800. The summed E-state index contributed by atoms with van der Waals surface area (Å²) in [7, 11) is 0. The Balaban J connectivity index is 2.74. The van der Waals surface area contributed by atoms with E-state index < -0.39 is 0 Å². The maximum Gasteiger partial charge on any atom is 0.00903 e. The Morgan fingerprint density at radius 2 is 1.70 bits per heavy atom. The minimum atomic E-state index is 0.393. The highest BCUT2D eigenvalue weighted by Crippen LogP contribution is 2.39. The highest BCUT2D eigenvalue weighted by atomic mass is 15.2. The smallest absolute Gasteiger partial charge is 0.00903 e. The second kappa shape index (κ2) is 8.38. The minimum absolute atomic E-state index is 0.393. The van der Waals surface area contributed by atoms with E-state index >= 15 is 0 Å². The van der Waals surface area contributed by atoms with Crippen LogP contribution in [-0.4, -0.2) is 30.6 Å². The van der Waals surface area contributed by atoms with Crippen LogP contribution >= 0.6 is 0 Å². The topological polar surface area (TPSA) is 29.3 Å². The molecule has 120 valence electrons. The first-order chi connectivity index (χ1) is 9.46. The van der Waals surface area contributed by atoms with Crippen LogP contribution in [0, 0.1) is 17.3 Å². The zero-order valence-electron chi connectivity index (χ0n) is 14.6. The molecule has 0 unspecified atom stereocenters. The van der Waals surface area contributed by atoms with Crippen LogP contribution in [0.15, 0.2) is 0 Å². The molecule has 1 aliphatic carbocycles. The van der Waals surface area contributed by atoms with E-state index in [0.29, 0.717) is 5.41 Å². The number of nitrogens with two attached hydrogens (primary N) is 1. The molecule has 0 amide bonds. The van der Waals surface area contributed by atoms with Crippen LogP contribution in [0.3, 0.4) is 0 Å². The second-order valence-corrected chi connectivity index (χ2v) is 7.68. The first kappa shape index (κ1) is 18.0. The maximum atomic E-state index is 6.22. The Morgan fingerprint density at radius 3 is 2.10 bits per heavy atom. The summed E-state index contributed by atoms with van der Waals surface area (Å²) < 4.78 is 0. The average Bonchev–Trinajstić information content (AvgIpc) is 2.42. The molecule has 0 aliphatic heterocycles. The molecule has 1 aliphatic rings. The predicted octanol–water partition coefficient (Wildman–Crippen LogP) is 4.29. The van der Waals surface area contributed by atoms with Gasteiger partial charge in [0.05, 0.1) is 0 Å². The third kappa shape index (κ3) is 5.04. The molecule has 2 N–H and O–H groups in total. The van der Waals surface area contributed by atoms with Gasteiger partial charge in [0.15, 0.2) is 0 Å². The van der Waals surface area contributed by atoms with Crippen LogP contribution in [0.2, 0.25) is 0 Å². The van der Waals surface area contributed by atoms with Crippen LogP contribution in [0.4, 0.5) is 0 Å². The quantitative estimate of drug-likeness (QED) is 0.719. The lowest BCUT2D eigenvalue weighted by atomic mass is 9.70. The molecule has 0 aromatic heterocycles. The van der Waals surface area contributed by atoms with E-state index in [9.17, 15) is 0 Å². The standard InChI is InChI=1S/C18H38N2/c1-6-17(7-2)20(12-15(3)4)14-18(13-19)10-8-16(5)9-11-18/h15-17H,6-14,19H2,1-5H3. The number of hydrogen-bond acceptors (Lipinski definition) is 2. The molecule has 0 spiro atoms. The average molecular weight is 283 g/mol. The fraction of sp³-hybridized carbons (Fsp3) is 1.00. The molecule has 2 nitrogen and oxygen atoms in total. The van der Waals surface area contributed by atoms with Gasteiger partial charge in [0.2, 0.25) is 0 Å². The van der Waals surface area contributed by atoms with Crippen molar-refractivity contribution in [3.05, 3.63) is 0 Å². The fourth-order valence-corrected chi connectivity index (χ4v) is 3.85. The molecule has 0 atom stereocenters. The van der Waals surface area contributed by atoms with Gasteiger partial charge < -0.3 is 5.73 Å². The van der Waals surface area contributed by atoms with Crippen LogP contribution in [0.1, 0.15) is 73.1 Å². The van der Waals surface area contributed by atoms with E-state index in [-0.39, 0.29) is 0 Å². The molecule has 0 bridgehead atoms. The molecule has 1 saturated carbocycles. The van der Waals surface area contributed by atoms with Crippen molar-refractivity contribution in [2.75, 3.05) is 19.6 Å². The summed E-state index contributed by atoms with van der Waals surface area (Å²) in [6.45, 7) is 15.1. The summed E-state index contributed by atoms with van der Waals surface area (Å²) in [4.78, 5) is 2.76. The van der Waals surface area contributed by atoms with Crippen LogP contribution in [-0.2, 0) is 0 Å². The third-order valence-electron chi connectivity index (χ3n) is 5.37. The minimum Gasteiger partial charge on any atom is -0.330 e. The van der Waals surface area contributed by atoms with Crippen molar-refractivity contribution < 1.29 is 0 Å². The molecule has 0 aromatic carbocycles. The summed E-state index contributed by atoms with van der Waals surface area (Å²) in [6, 6.07) is 0.736. The molecule has 0 aromatic rings. The monoisotopic (exact) mass is 282 g/mol. The Labute approximate surface area is 127 Å². The first-order valence-corrected chi connectivity index (χ1v) is 8.90. The van der Waals surface area contributed by atoms with Crippen molar-refractivity contribution in [1.29, 1.82) is 0 Å². The lowest BCUT2D eigenvalue weighted by molar-refractivity contribution is 0.0586. The normalized spacial score (nSPS) is 27.8. The number of nitrogens with zero attached hydrogens (tertiary/aromatic N) is 1. The fourth-order valence-electron chi connectivity index (χ4n) is 3.85. The Morgan fingerprint density at radius 1 is 1.15 bits per heavy atom. The van der Waals surface area contributed by atoms with Crippen LogP contribution < -0.4 is 5.73 Å². The van der Waals surface area contributed by atoms with E-state index in [4.69, 9.17) is 5.73 Å². The van der Waals surface area contributed by atoms with Gasteiger partial charge in [0.1, 0.15) is 0 Å².